The van der Waals surface area contributed by atoms with Crippen molar-refractivity contribution in [2.45, 2.75) is 40.5 Å². The zero-order valence-corrected chi connectivity index (χ0v) is 14.6. The molecule has 22 heavy (non-hydrogen) atoms. The van der Waals surface area contributed by atoms with E-state index >= 15 is 0 Å². The molecule has 0 saturated heterocycles. The van der Waals surface area contributed by atoms with Gasteiger partial charge in [0, 0.05) is 24.9 Å². The Kier molecular flexibility index (Phi) is 9.59. The summed E-state index contributed by atoms with van der Waals surface area (Å²) in [5.41, 5.74) is 9.99. The number of methoxy groups -OCH3 is 1. The number of esters is 1. The molecule has 0 atom stereocenters. The summed E-state index contributed by atoms with van der Waals surface area (Å²) >= 11 is 0. The van der Waals surface area contributed by atoms with E-state index in [0.29, 0.717) is 12.0 Å². The maximum absolute atomic E-state index is 11.9. The van der Waals surface area contributed by atoms with Crippen LogP contribution in [0.1, 0.15) is 40.5 Å². The third-order valence-electron chi connectivity index (χ3n) is 3.21. The van der Waals surface area contributed by atoms with Gasteiger partial charge in [0.05, 0.1) is 12.7 Å². The highest BCUT2D eigenvalue weighted by molar-refractivity contribution is 6.06. The molecule has 0 radical (unpaired) electrons. The maximum atomic E-state index is 11.9. The molecule has 2 N–H and O–H groups in total. The number of nitrogens with two attached hydrogens (primary N) is 1. The first-order chi connectivity index (χ1) is 10.4. The second kappa shape index (κ2) is 10.6. The van der Waals surface area contributed by atoms with Crippen LogP contribution >= 0.6 is 0 Å². The lowest BCUT2D eigenvalue weighted by molar-refractivity contribution is -0.135. The topological polar surface area (TPSA) is 64.7 Å². The summed E-state index contributed by atoms with van der Waals surface area (Å²) in [5.74, 6) is -0.346. The average molecular weight is 304 g/mol. The van der Waals surface area contributed by atoms with Gasteiger partial charge in [-0.3, -0.25) is 4.99 Å². The molecule has 0 rings (SSSR count). The van der Waals surface area contributed by atoms with Gasteiger partial charge in [-0.05, 0) is 44.4 Å². The van der Waals surface area contributed by atoms with Gasteiger partial charge in [-0.25, -0.2) is 4.79 Å². The normalized spacial score (nSPS) is 15.1. The van der Waals surface area contributed by atoms with Crippen LogP contribution in [0.25, 0.3) is 0 Å². The first kappa shape index (κ1) is 19.9. The third-order valence-corrected chi connectivity index (χ3v) is 3.21. The minimum absolute atomic E-state index is 0.346. The van der Waals surface area contributed by atoms with Crippen LogP contribution in [0.5, 0.6) is 0 Å². The number of hydrogen-bond donors (Lipinski definition) is 1. The SMILES string of the molecule is C\C=C/C(=C\C(=C\CC)C(=O)OC)C(C/C(C)=C(\C)N)=NC. The molecule has 0 aromatic heterocycles. The quantitative estimate of drug-likeness (QED) is 0.337. The first-order valence-corrected chi connectivity index (χ1v) is 7.41. The fraction of sp³-hybridized carbons (Fsp3) is 0.444. The zero-order valence-electron chi connectivity index (χ0n) is 14.6. The number of rotatable bonds is 7. The van der Waals surface area contributed by atoms with Gasteiger partial charge in [-0.15, -0.1) is 0 Å². The Bertz CT molecular complexity index is 531. The van der Waals surface area contributed by atoms with Crippen LogP contribution in [0.4, 0.5) is 0 Å². The Morgan fingerprint density at radius 3 is 2.32 bits per heavy atom. The van der Waals surface area contributed by atoms with Crippen molar-refractivity contribution in [3.05, 3.63) is 46.7 Å². The molecule has 0 amide bonds. The largest absolute Gasteiger partial charge is 0.465 e. The predicted molar refractivity (Wildman–Crippen MR) is 93.8 cm³/mol. The van der Waals surface area contributed by atoms with Crippen LogP contribution in [0.3, 0.4) is 0 Å². The van der Waals surface area contributed by atoms with Crippen LogP contribution < -0.4 is 5.73 Å². The molecule has 0 saturated carbocycles. The summed E-state index contributed by atoms with van der Waals surface area (Å²) < 4.78 is 4.83. The predicted octanol–water partition coefficient (Wildman–Crippen LogP) is 3.71. The molecular formula is C18H28N2O2. The summed E-state index contributed by atoms with van der Waals surface area (Å²) in [5, 5.41) is 0. The van der Waals surface area contributed by atoms with E-state index in [9.17, 15) is 4.79 Å². The molecular weight excluding hydrogens is 276 g/mol. The van der Waals surface area contributed by atoms with Crippen LogP contribution in [-0.2, 0) is 9.53 Å². The molecule has 0 aliphatic rings. The van der Waals surface area contributed by atoms with Crippen molar-refractivity contribution in [3.8, 4) is 0 Å². The summed E-state index contributed by atoms with van der Waals surface area (Å²) in [4.78, 5) is 16.2. The Balaban J connectivity index is 5.78. The van der Waals surface area contributed by atoms with E-state index in [1.807, 2.05) is 52.0 Å². The van der Waals surface area contributed by atoms with Gasteiger partial charge in [0.1, 0.15) is 0 Å². The highest BCUT2D eigenvalue weighted by Gasteiger charge is 2.11. The van der Waals surface area contributed by atoms with Gasteiger partial charge in [0.2, 0.25) is 0 Å². The standard InChI is InChI=1S/C18H28N2O2/c1-7-9-15(12-16(10-8-2)18(21)22-6)17(20-5)11-13(3)14(4)19/h7,9-10,12H,8,11,19H2,1-6H3/b9-7-,14-13+,15-12+,16-10-,20-17?. The second-order valence-electron chi connectivity index (χ2n) is 4.97. The summed E-state index contributed by atoms with van der Waals surface area (Å²) in [6.07, 6.45) is 8.93. The number of hydrogen-bond acceptors (Lipinski definition) is 4. The molecule has 0 spiro atoms. The van der Waals surface area contributed by atoms with Gasteiger partial charge >= 0.3 is 5.97 Å². The summed E-state index contributed by atoms with van der Waals surface area (Å²) in [7, 11) is 3.13. The van der Waals surface area contributed by atoms with Crippen molar-refractivity contribution in [3.63, 3.8) is 0 Å². The van der Waals surface area contributed by atoms with Gasteiger partial charge in [-0.1, -0.05) is 25.2 Å². The minimum Gasteiger partial charge on any atom is -0.465 e. The van der Waals surface area contributed by atoms with Crippen LogP contribution in [0.2, 0.25) is 0 Å². The lowest BCUT2D eigenvalue weighted by atomic mass is 9.99. The van der Waals surface area contributed by atoms with Gasteiger partial charge in [-0.2, -0.15) is 0 Å². The van der Waals surface area contributed by atoms with Crippen LogP contribution in [-0.4, -0.2) is 25.8 Å². The van der Waals surface area contributed by atoms with Crippen LogP contribution in [0, 0.1) is 0 Å². The Morgan fingerprint density at radius 2 is 1.91 bits per heavy atom. The van der Waals surface area contributed by atoms with Gasteiger partial charge < -0.3 is 10.5 Å². The number of carbonyl (C=O) groups excluding carboxylic acids is 1. The minimum atomic E-state index is -0.346. The molecule has 0 aliphatic carbocycles. The van der Waals surface area contributed by atoms with E-state index in [1.54, 1.807) is 7.05 Å². The Labute approximate surface area is 134 Å². The first-order valence-electron chi connectivity index (χ1n) is 7.41. The van der Waals surface area contributed by atoms with Crippen molar-refractivity contribution in [2.75, 3.05) is 14.2 Å². The highest BCUT2D eigenvalue weighted by Crippen LogP contribution is 2.15. The lowest BCUT2D eigenvalue weighted by Gasteiger charge is -2.10. The van der Waals surface area contributed by atoms with Crippen LogP contribution in [0.15, 0.2) is 51.7 Å². The van der Waals surface area contributed by atoms with Crippen molar-refractivity contribution >= 4 is 11.7 Å². The number of aliphatic imine (C=N–C) groups is 1. The molecule has 122 valence electrons. The van der Waals surface area contributed by atoms with E-state index in [-0.39, 0.29) is 5.97 Å². The number of nitrogens with zero attached hydrogens (tertiary/aromatic N) is 1. The maximum Gasteiger partial charge on any atom is 0.337 e. The number of ether oxygens (including phenoxy) is 1. The fourth-order valence-electron chi connectivity index (χ4n) is 1.81. The average Bonchev–Trinajstić information content (AvgIpc) is 2.50. The molecule has 0 bridgehead atoms. The van der Waals surface area contributed by atoms with E-state index in [0.717, 1.165) is 29.0 Å². The van der Waals surface area contributed by atoms with E-state index in [2.05, 4.69) is 4.99 Å². The molecule has 0 fully saturated rings. The monoisotopic (exact) mass is 304 g/mol. The van der Waals surface area contributed by atoms with Crippen molar-refractivity contribution in [1.29, 1.82) is 0 Å². The van der Waals surface area contributed by atoms with Gasteiger partial charge in [0.15, 0.2) is 0 Å². The second-order valence-corrected chi connectivity index (χ2v) is 4.97. The molecule has 4 heteroatoms. The lowest BCUT2D eigenvalue weighted by Crippen LogP contribution is -2.09. The Hall–Kier alpha value is -2.10. The highest BCUT2D eigenvalue weighted by atomic mass is 16.5. The van der Waals surface area contributed by atoms with E-state index in [1.165, 1.54) is 7.11 Å². The van der Waals surface area contributed by atoms with E-state index in [4.69, 9.17) is 10.5 Å². The smallest absolute Gasteiger partial charge is 0.337 e. The van der Waals surface area contributed by atoms with Crippen molar-refractivity contribution < 1.29 is 9.53 Å². The number of allylic oxidation sites excluding steroid dienone is 6. The molecule has 0 unspecified atom stereocenters. The van der Waals surface area contributed by atoms with Crippen molar-refractivity contribution in [2.24, 2.45) is 10.7 Å². The summed E-state index contributed by atoms with van der Waals surface area (Å²) in [6.45, 7) is 7.76. The molecule has 4 nitrogen and oxygen atoms in total. The zero-order chi connectivity index (χ0) is 17.1. The number of carbonyl (C=O) groups is 1. The molecule has 0 aromatic rings. The van der Waals surface area contributed by atoms with Crippen molar-refractivity contribution in [1.82, 2.24) is 0 Å². The molecule has 0 aliphatic heterocycles. The van der Waals surface area contributed by atoms with Gasteiger partial charge in [0.25, 0.3) is 0 Å². The molecule has 0 aromatic carbocycles. The van der Waals surface area contributed by atoms with E-state index < -0.39 is 0 Å². The Morgan fingerprint density at radius 1 is 1.27 bits per heavy atom. The molecule has 0 heterocycles. The third kappa shape index (κ3) is 6.57. The summed E-state index contributed by atoms with van der Waals surface area (Å²) in [6, 6.07) is 0. The fourth-order valence-corrected chi connectivity index (χ4v) is 1.81.